The van der Waals surface area contributed by atoms with Crippen molar-refractivity contribution in [3.8, 4) is 6.07 Å². The van der Waals surface area contributed by atoms with Gasteiger partial charge in [-0.1, -0.05) is 46.0 Å². The summed E-state index contributed by atoms with van der Waals surface area (Å²) in [6.45, 7) is 5.82. The van der Waals surface area contributed by atoms with Crippen LogP contribution in [-0.4, -0.2) is 22.3 Å². The number of carbonyl (C=O) groups excluding carboxylic acids is 2. The first-order valence-corrected chi connectivity index (χ1v) is 8.16. The lowest BCUT2D eigenvalue weighted by Crippen LogP contribution is -2.52. The van der Waals surface area contributed by atoms with Crippen molar-refractivity contribution in [2.24, 2.45) is 11.3 Å². The zero-order valence-corrected chi connectivity index (χ0v) is 13.4. The third kappa shape index (κ3) is 2.59. The molecule has 0 N–H and O–H groups in total. The van der Waals surface area contributed by atoms with Gasteiger partial charge in [0, 0.05) is 6.42 Å². The summed E-state index contributed by atoms with van der Waals surface area (Å²) in [6.07, 6.45) is 6.71. The first-order chi connectivity index (χ1) is 9.87. The van der Waals surface area contributed by atoms with Gasteiger partial charge in [-0.2, -0.15) is 5.26 Å². The second-order valence-corrected chi connectivity index (χ2v) is 7.19. The van der Waals surface area contributed by atoms with Crippen LogP contribution in [0.1, 0.15) is 72.1 Å². The summed E-state index contributed by atoms with van der Waals surface area (Å²) in [5.41, 5.74) is -1.55. The molecule has 1 heterocycles. The maximum atomic E-state index is 12.9. The molecule has 0 spiro atoms. The van der Waals surface area contributed by atoms with Crippen LogP contribution in [0.4, 0.5) is 0 Å². The normalized spacial score (nSPS) is 30.1. The summed E-state index contributed by atoms with van der Waals surface area (Å²) < 4.78 is 0. The third-order valence-electron chi connectivity index (χ3n) is 5.55. The third-order valence-corrected chi connectivity index (χ3v) is 5.55. The average molecular weight is 290 g/mol. The first kappa shape index (κ1) is 16.0. The molecule has 4 heteroatoms. The fraction of sp³-hybridized carbons (Fsp3) is 0.824. The summed E-state index contributed by atoms with van der Waals surface area (Å²) in [5, 5.41) is 9.77. The summed E-state index contributed by atoms with van der Waals surface area (Å²) in [6, 6.07) is 2.35. The van der Waals surface area contributed by atoms with Gasteiger partial charge in [0.15, 0.2) is 0 Å². The second kappa shape index (κ2) is 5.79. The van der Waals surface area contributed by atoms with E-state index in [1.54, 1.807) is 0 Å². The van der Waals surface area contributed by atoms with Crippen LogP contribution in [-0.2, 0) is 9.59 Å². The molecule has 1 saturated carbocycles. The van der Waals surface area contributed by atoms with Crippen LogP contribution < -0.4 is 0 Å². The van der Waals surface area contributed by atoms with Gasteiger partial charge in [-0.3, -0.25) is 14.5 Å². The highest BCUT2D eigenvalue weighted by atomic mass is 16.2. The highest BCUT2D eigenvalue weighted by Crippen LogP contribution is 2.44. The lowest BCUT2D eigenvalue weighted by atomic mass is 9.77. The van der Waals surface area contributed by atoms with E-state index < -0.39 is 11.0 Å². The smallest absolute Gasteiger partial charge is 0.237 e. The Labute approximate surface area is 127 Å². The number of hydrogen-bond acceptors (Lipinski definition) is 3. The minimum atomic E-state index is -0.902. The predicted molar refractivity (Wildman–Crippen MR) is 80.1 cm³/mol. The summed E-state index contributed by atoms with van der Waals surface area (Å²) in [4.78, 5) is 26.8. The van der Waals surface area contributed by atoms with Crippen molar-refractivity contribution in [3.63, 3.8) is 0 Å². The van der Waals surface area contributed by atoms with Gasteiger partial charge in [0.2, 0.25) is 11.8 Å². The molecule has 2 aliphatic rings. The number of rotatable bonds is 2. The van der Waals surface area contributed by atoms with Crippen LogP contribution in [0.5, 0.6) is 0 Å². The molecule has 0 bridgehead atoms. The topological polar surface area (TPSA) is 61.2 Å². The van der Waals surface area contributed by atoms with Crippen LogP contribution in [0.25, 0.3) is 0 Å². The van der Waals surface area contributed by atoms with E-state index in [-0.39, 0.29) is 24.2 Å². The van der Waals surface area contributed by atoms with E-state index in [0.29, 0.717) is 12.8 Å². The molecule has 2 amide bonds. The Bertz CT molecular complexity index is 470. The van der Waals surface area contributed by atoms with E-state index in [1.807, 2.05) is 20.8 Å². The Balaban J connectivity index is 2.35. The van der Waals surface area contributed by atoms with Crippen molar-refractivity contribution >= 4 is 11.8 Å². The lowest BCUT2D eigenvalue weighted by Gasteiger charge is -2.37. The van der Waals surface area contributed by atoms with Crippen LogP contribution in [0.3, 0.4) is 0 Å². The molecule has 0 aromatic rings. The van der Waals surface area contributed by atoms with E-state index in [4.69, 9.17) is 0 Å². The molecule has 4 nitrogen and oxygen atoms in total. The lowest BCUT2D eigenvalue weighted by molar-refractivity contribution is -0.147. The van der Waals surface area contributed by atoms with E-state index >= 15 is 0 Å². The van der Waals surface area contributed by atoms with Crippen LogP contribution in [0.15, 0.2) is 0 Å². The van der Waals surface area contributed by atoms with Gasteiger partial charge in [0.1, 0.15) is 5.54 Å². The number of imide groups is 1. The first-order valence-electron chi connectivity index (χ1n) is 8.16. The molecule has 2 rings (SSSR count). The Morgan fingerprint density at radius 3 is 2.05 bits per heavy atom. The molecule has 1 saturated heterocycles. The maximum absolute atomic E-state index is 12.9. The fourth-order valence-electron chi connectivity index (χ4n) is 3.60. The van der Waals surface area contributed by atoms with Gasteiger partial charge in [-0.15, -0.1) is 0 Å². The molecule has 1 atom stereocenters. The van der Waals surface area contributed by atoms with Crippen molar-refractivity contribution in [3.05, 3.63) is 0 Å². The number of nitriles is 1. The van der Waals surface area contributed by atoms with Gasteiger partial charge >= 0.3 is 0 Å². The number of amides is 2. The van der Waals surface area contributed by atoms with Crippen molar-refractivity contribution in [2.75, 3.05) is 0 Å². The van der Waals surface area contributed by atoms with E-state index in [2.05, 4.69) is 6.07 Å². The number of likely N-dealkylation sites (tertiary alicyclic amines) is 1. The SMILES string of the molecule is CC(C)C1(C)CC(=O)N(C2(C#N)CCCCCCC2)C1=O. The van der Waals surface area contributed by atoms with Crippen LogP contribution in [0.2, 0.25) is 0 Å². The van der Waals surface area contributed by atoms with Crippen molar-refractivity contribution in [2.45, 2.75) is 77.7 Å². The van der Waals surface area contributed by atoms with Crippen molar-refractivity contribution < 1.29 is 9.59 Å². The van der Waals surface area contributed by atoms with E-state index in [9.17, 15) is 14.9 Å². The van der Waals surface area contributed by atoms with Crippen LogP contribution in [0, 0.1) is 22.7 Å². The van der Waals surface area contributed by atoms with Gasteiger partial charge in [0.25, 0.3) is 0 Å². The van der Waals surface area contributed by atoms with Crippen molar-refractivity contribution in [1.82, 2.24) is 4.90 Å². The summed E-state index contributed by atoms with van der Waals surface area (Å²) in [5.74, 6) is -0.189. The molecule has 0 aromatic carbocycles. The molecular weight excluding hydrogens is 264 g/mol. The molecular formula is C17H26N2O2. The fourth-order valence-corrected chi connectivity index (χ4v) is 3.60. The van der Waals surface area contributed by atoms with Gasteiger partial charge in [-0.25, -0.2) is 0 Å². The van der Waals surface area contributed by atoms with Gasteiger partial charge in [0.05, 0.1) is 11.5 Å². The maximum Gasteiger partial charge on any atom is 0.237 e. The van der Waals surface area contributed by atoms with Gasteiger partial charge < -0.3 is 0 Å². The Hall–Kier alpha value is -1.37. The zero-order valence-electron chi connectivity index (χ0n) is 13.4. The molecule has 116 valence electrons. The molecule has 0 aromatic heterocycles. The summed E-state index contributed by atoms with van der Waals surface area (Å²) >= 11 is 0. The molecule has 1 aliphatic heterocycles. The molecule has 2 fully saturated rings. The highest BCUT2D eigenvalue weighted by Gasteiger charge is 2.56. The molecule has 21 heavy (non-hydrogen) atoms. The van der Waals surface area contributed by atoms with E-state index in [1.165, 1.54) is 11.3 Å². The monoisotopic (exact) mass is 290 g/mol. The largest absolute Gasteiger partial charge is 0.274 e. The highest BCUT2D eigenvalue weighted by molar-refractivity contribution is 6.07. The van der Waals surface area contributed by atoms with Crippen molar-refractivity contribution in [1.29, 1.82) is 5.26 Å². The predicted octanol–water partition coefficient (Wildman–Crippen LogP) is 3.41. The summed E-state index contributed by atoms with van der Waals surface area (Å²) in [7, 11) is 0. The number of carbonyl (C=O) groups is 2. The molecule has 0 radical (unpaired) electrons. The Morgan fingerprint density at radius 1 is 1.10 bits per heavy atom. The number of hydrogen-bond donors (Lipinski definition) is 0. The minimum absolute atomic E-state index is 0.100. The Morgan fingerprint density at radius 2 is 1.62 bits per heavy atom. The second-order valence-electron chi connectivity index (χ2n) is 7.19. The number of nitrogens with zero attached hydrogens (tertiary/aromatic N) is 2. The minimum Gasteiger partial charge on any atom is -0.274 e. The van der Waals surface area contributed by atoms with Crippen LogP contribution >= 0.6 is 0 Å². The average Bonchev–Trinajstić information content (AvgIpc) is 2.63. The molecule has 1 aliphatic carbocycles. The standard InChI is InChI=1S/C17H26N2O2/c1-13(2)16(3)11-14(20)19(15(16)21)17(12-18)9-7-5-4-6-8-10-17/h13H,4-11H2,1-3H3. The Kier molecular flexibility index (Phi) is 4.41. The van der Waals surface area contributed by atoms with E-state index in [0.717, 1.165) is 25.7 Å². The molecule has 1 unspecified atom stereocenters. The zero-order chi connectivity index (χ0) is 15.7. The van der Waals surface area contributed by atoms with Gasteiger partial charge in [-0.05, 0) is 25.7 Å². The quantitative estimate of drug-likeness (QED) is 0.732.